The summed E-state index contributed by atoms with van der Waals surface area (Å²) in [5.41, 5.74) is 3.90. The molecule has 1 unspecified atom stereocenters. The first-order chi connectivity index (χ1) is 13.9. The van der Waals surface area contributed by atoms with Gasteiger partial charge in [0.2, 0.25) is 0 Å². The number of benzene rings is 2. The standard InChI is InChI=1S/C23H21ClN2O2S/c1-13(2)18-11-16(25-3)12-19-21(18)23(29-17-6-4-15(24)5-7-17)22-14(10-20(27)28)8-9-26(19)22/h4-7,11-14H,8-10H2,1-2H3,(H,27,28). The Labute approximate surface area is 179 Å². The van der Waals surface area contributed by atoms with Gasteiger partial charge in [-0.2, -0.15) is 0 Å². The van der Waals surface area contributed by atoms with Crippen LogP contribution in [0.25, 0.3) is 15.7 Å². The van der Waals surface area contributed by atoms with Crippen molar-refractivity contribution < 1.29 is 9.90 Å². The van der Waals surface area contributed by atoms with Gasteiger partial charge in [-0.1, -0.05) is 43.3 Å². The Morgan fingerprint density at radius 2 is 2.07 bits per heavy atom. The van der Waals surface area contributed by atoms with Crippen molar-refractivity contribution >= 4 is 45.9 Å². The first kappa shape index (κ1) is 19.9. The molecule has 1 N–H and O–H groups in total. The maximum absolute atomic E-state index is 11.5. The van der Waals surface area contributed by atoms with E-state index in [1.54, 1.807) is 11.8 Å². The number of halogens is 1. The normalized spacial score (nSPS) is 15.6. The first-order valence-corrected chi connectivity index (χ1v) is 10.8. The summed E-state index contributed by atoms with van der Waals surface area (Å²) in [4.78, 5) is 17.4. The highest BCUT2D eigenvalue weighted by Crippen LogP contribution is 2.49. The maximum Gasteiger partial charge on any atom is 0.304 e. The summed E-state index contributed by atoms with van der Waals surface area (Å²) in [7, 11) is 0. The minimum atomic E-state index is -0.776. The first-order valence-electron chi connectivity index (χ1n) is 9.61. The van der Waals surface area contributed by atoms with E-state index in [9.17, 15) is 9.90 Å². The second kappa shape index (κ2) is 7.78. The molecular weight excluding hydrogens is 404 g/mol. The van der Waals surface area contributed by atoms with Gasteiger partial charge in [0.15, 0.2) is 5.69 Å². The number of aliphatic carboxylic acids is 1. The summed E-state index contributed by atoms with van der Waals surface area (Å²) in [5.74, 6) is -0.544. The second-order valence-corrected chi connectivity index (χ2v) is 9.22. The van der Waals surface area contributed by atoms with Crippen LogP contribution in [0.2, 0.25) is 5.02 Å². The third kappa shape index (κ3) is 3.63. The van der Waals surface area contributed by atoms with Crippen molar-refractivity contribution in [3.8, 4) is 0 Å². The fraction of sp³-hybridized carbons (Fsp3) is 0.304. The predicted molar refractivity (Wildman–Crippen MR) is 117 cm³/mol. The summed E-state index contributed by atoms with van der Waals surface area (Å²) in [6.45, 7) is 12.6. The van der Waals surface area contributed by atoms with E-state index in [-0.39, 0.29) is 18.3 Å². The molecule has 0 bridgehead atoms. The van der Waals surface area contributed by atoms with E-state index in [0.29, 0.717) is 10.7 Å². The molecule has 0 radical (unpaired) electrons. The van der Waals surface area contributed by atoms with Crippen LogP contribution in [-0.2, 0) is 11.3 Å². The van der Waals surface area contributed by atoms with Crippen molar-refractivity contribution in [2.24, 2.45) is 0 Å². The zero-order valence-electron chi connectivity index (χ0n) is 16.3. The minimum Gasteiger partial charge on any atom is -0.481 e. The zero-order chi connectivity index (χ0) is 20.7. The molecule has 6 heteroatoms. The molecule has 0 amide bonds. The van der Waals surface area contributed by atoms with Crippen molar-refractivity contribution in [2.75, 3.05) is 0 Å². The average molecular weight is 425 g/mol. The number of carboxylic acids is 1. The fourth-order valence-corrected chi connectivity index (χ4v) is 5.54. The van der Waals surface area contributed by atoms with Gasteiger partial charge in [-0.25, -0.2) is 4.85 Å². The fourth-order valence-electron chi connectivity index (χ4n) is 4.20. The lowest BCUT2D eigenvalue weighted by molar-refractivity contribution is -0.137. The Hall–Kier alpha value is -2.42. The number of hydrogen-bond donors (Lipinski definition) is 1. The molecule has 1 aliphatic heterocycles. The number of aromatic nitrogens is 1. The van der Waals surface area contributed by atoms with Crippen LogP contribution >= 0.6 is 23.4 Å². The molecule has 1 atom stereocenters. The van der Waals surface area contributed by atoms with Gasteiger partial charge in [0, 0.05) is 43.9 Å². The Balaban J connectivity index is 1.98. The van der Waals surface area contributed by atoms with E-state index in [2.05, 4.69) is 23.3 Å². The van der Waals surface area contributed by atoms with Crippen LogP contribution in [0.3, 0.4) is 0 Å². The number of aryl methyl sites for hydroxylation is 1. The van der Waals surface area contributed by atoms with Gasteiger partial charge in [0.05, 0.1) is 13.0 Å². The van der Waals surface area contributed by atoms with E-state index in [0.717, 1.165) is 44.9 Å². The van der Waals surface area contributed by atoms with Crippen molar-refractivity contribution in [3.63, 3.8) is 0 Å². The highest BCUT2D eigenvalue weighted by atomic mass is 35.5. The number of nitrogens with zero attached hydrogens (tertiary/aromatic N) is 2. The summed E-state index contributed by atoms with van der Waals surface area (Å²) < 4.78 is 2.24. The molecule has 0 saturated heterocycles. The predicted octanol–water partition coefficient (Wildman–Crippen LogP) is 7.08. The molecule has 0 spiro atoms. The van der Waals surface area contributed by atoms with Gasteiger partial charge in [-0.15, -0.1) is 0 Å². The number of hydrogen-bond acceptors (Lipinski definition) is 2. The van der Waals surface area contributed by atoms with Gasteiger partial charge in [-0.3, -0.25) is 4.79 Å². The van der Waals surface area contributed by atoms with Crippen LogP contribution in [-0.4, -0.2) is 15.6 Å². The smallest absolute Gasteiger partial charge is 0.304 e. The van der Waals surface area contributed by atoms with Crippen molar-refractivity contribution in [3.05, 3.63) is 64.1 Å². The minimum absolute atomic E-state index is 0.0221. The van der Waals surface area contributed by atoms with E-state index in [1.807, 2.05) is 36.4 Å². The van der Waals surface area contributed by atoms with Gasteiger partial charge in [0.25, 0.3) is 0 Å². The highest BCUT2D eigenvalue weighted by Gasteiger charge is 2.32. The third-order valence-electron chi connectivity index (χ3n) is 5.47. The Morgan fingerprint density at radius 1 is 1.34 bits per heavy atom. The number of fused-ring (bicyclic) bond motifs is 3. The lowest BCUT2D eigenvalue weighted by Gasteiger charge is -2.14. The molecule has 0 aliphatic carbocycles. The van der Waals surface area contributed by atoms with Crippen LogP contribution in [0.1, 0.15) is 49.8 Å². The summed E-state index contributed by atoms with van der Waals surface area (Å²) >= 11 is 7.72. The van der Waals surface area contributed by atoms with E-state index in [4.69, 9.17) is 18.2 Å². The van der Waals surface area contributed by atoms with Gasteiger partial charge in [-0.05, 0) is 48.2 Å². The molecule has 3 aromatic rings. The third-order valence-corrected chi connectivity index (χ3v) is 6.84. The van der Waals surface area contributed by atoms with Crippen molar-refractivity contribution in [2.45, 2.75) is 54.9 Å². The van der Waals surface area contributed by atoms with Crippen LogP contribution in [0.5, 0.6) is 0 Å². The Kier molecular flexibility index (Phi) is 5.33. The average Bonchev–Trinajstić information content (AvgIpc) is 3.22. The van der Waals surface area contributed by atoms with E-state index < -0.39 is 5.97 Å². The monoisotopic (exact) mass is 424 g/mol. The molecule has 29 heavy (non-hydrogen) atoms. The largest absolute Gasteiger partial charge is 0.481 e. The molecule has 1 aliphatic rings. The number of carbonyl (C=O) groups is 1. The second-order valence-electron chi connectivity index (χ2n) is 7.70. The van der Waals surface area contributed by atoms with Crippen molar-refractivity contribution in [1.29, 1.82) is 0 Å². The van der Waals surface area contributed by atoms with Crippen LogP contribution in [0, 0.1) is 6.57 Å². The van der Waals surface area contributed by atoms with Gasteiger partial charge < -0.3 is 9.67 Å². The molecular formula is C23H21ClN2O2S. The molecule has 1 aromatic heterocycles. The molecule has 2 heterocycles. The zero-order valence-corrected chi connectivity index (χ0v) is 17.8. The summed E-state index contributed by atoms with van der Waals surface area (Å²) in [6.07, 6.45) is 0.933. The van der Waals surface area contributed by atoms with E-state index in [1.165, 1.54) is 0 Å². The lowest BCUT2D eigenvalue weighted by atomic mass is 9.96. The topological polar surface area (TPSA) is 46.6 Å². The maximum atomic E-state index is 11.5. The summed E-state index contributed by atoms with van der Waals surface area (Å²) in [5, 5.41) is 11.3. The molecule has 4 nitrogen and oxygen atoms in total. The van der Waals surface area contributed by atoms with Crippen molar-refractivity contribution in [1.82, 2.24) is 4.57 Å². The van der Waals surface area contributed by atoms with E-state index >= 15 is 0 Å². The Morgan fingerprint density at radius 3 is 2.69 bits per heavy atom. The molecule has 0 fully saturated rings. The summed E-state index contributed by atoms with van der Waals surface area (Å²) in [6, 6.07) is 11.7. The highest BCUT2D eigenvalue weighted by molar-refractivity contribution is 7.99. The quantitative estimate of drug-likeness (QED) is 0.445. The molecule has 0 saturated carbocycles. The number of rotatable bonds is 5. The number of carboxylic acid groups (broad SMARTS) is 1. The lowest BCUT2D eigenvalue weighted by Crippen LogP contribution is -2.04. The van der Waals surface area contributed by atoms with Crippen LogP contribution in [0.4, 0.5) is 5.69 Å². The van der Waals surface area contributed by atoms with Gasteiger partial charge in [0.1, 0.15) is 0 Å². The molecule has 4 rings (SSSR count). The molecule has 2 aromatic carbocycles. The SMILES string of the molecule is [C-]#[N+]c1cc(C(C)C)c2c(Sc3ccc(Cl)cc3)c3n(c2c1)CCC3CC(=O)O. The molecule has 148 valence electrons. The van der Waals surface area contributed by atoms with Crippen LogP contribution < -0.4 is 0 Å². The Bertz CT molecular complexity index is 1140. The van der Waals surface area contributed by atoms with Gasteiger partial charge >= 0.3 is 5.97 Å². The van der Waals surface area contributed by atoms with Crippen LogP contribution in [0.15, 0.2) is 46.2 Å².